The van der Waals surface area contributed by atoms with Crippen molar-refractivity contribution >= 4 is 48.2 Å². The number of aromatic nitrogens is 3. The number of halogens is 6. The summed E-state index contributed by atoms with van der Waals surface area (Å²) in [5.41, 5.74) is 4.92. The van der Waals surface area contributed by atoms with Crippen LogP contribution in [0.25, 0.3) is 22.0 Å². The molecule has 2 heterocycles. The maximum Gasteiger partial charge on any atom is 0.292 e. The summed E-state index contributed by atoms with van der Waals surface area (Å²) in [6.45, 7) is 2.33. The molecule has 0 bridgehead atoms. The summed E-state index contributed by atoms with van der Waals surface area (Å²) < 4.78 is 143. The predicted molar refractivity (Wildman–Crippen MR) is 221 cm³/mol. The lowest BCUT2D eigenvalue weighted by Gasteiger charge is -2.26. The number of sulfone groups is 1. The quantitative estimate of drug-likeness (QED) is 0.104. The van der Waals surface area contributed by atoms with Gasteiger partial charge in [-0.1, -0.05) is 18.2 Å². The molecule has 20 heteroatoms. The Morgan fingerprint density at radius 3 is 2.32 bits per heavy atom. The Bertz CT molecular complexity index is 2750. The van der Waals surface area contributed by atoms with Crippen molar-refractivity contribution in [3.63, 3.8) is 0 Å². The number of rotatable bonds is 16. The minimum Gasteiger partial charge on any atom is -0.397 e. The van der Waals surface area contributed by atoms with Gasteiger partial charge < -0.3 is 11.1 Å². The van der Waals surface area contributed by atoms with Gasteiger partial charge in [0.2, 0.25) is 15.9 Å². The van der Waals surface area contributed by atoms with E-state index in [4.69, 9.17) is 10.7 Å². The van der Waals surface area contributed by atoms with Crippen LogP contribution in [0.15, 0.2) is 64.8 Å². The van der Waals surface area contributed by atoms with Crippen molar-refractivity contribution in [1.29, 1.82) is 0 Å². The number of pyridine rings is 1. The molecule has 4 N–H and O–H groups in total. The number of aliphatic imine (C=N–C) groups is 1. The van der Waals surface area contributed by atoms with E-state index >= 15 is 8.78 Å². The van der Waals surface area contributed by atoms with E-state index in [1.807, 2.05) is 0 Å². The zero-order valence-electron chi connectivity index (χ0n) is 33.9. The number of sulfonamides is 1. The molecule has 4 saturated carbocycles. The van der Waals surface area contributed by atoms with Gasteiger partial charge in [-0.05, 0) is 101 Å². The number of nitrogens with zero attached hydrogens (tertiary/aromatic N) is 4. The van der Waals surface area contributed by atoms with Crippen LogP contribution in [0.1, 0.15) is 75.4 Å². The van der Waals surface area contributed by atoms with E-state index < -0.39 is 106 Å². The van der Waals surface area contributed by atoms with Crippen LogP contribution in [0.4, 0.5) is 32.2 Å². The molecular weight excluding hydrogens is 861 g/mol. The molecule has 0 spiro atoms. The maximum atomic E-state index is 15.4. The van der Waals surface area contributed by atoms with E-state index in [0.717, 1.165) is 12.1 Å². The molecule has 62 heavy (non-hydrogen) atoms. The molecule has 8 rings (SSSR count). The van der Waals surface area contributed by atoms with E-state index in [0.29, 0.717) is 59.5 Å². The predicted octanol–water partition coefficient (Wildman–Crippen LogP) is 6.71. The third-order valence-corrected chi connectivity index (χ3v) is 17.1. The summed E-state index contributed by atoms with van der Waals surface area (Å²) in [6, 6.07) is 9.87. The molecule has 4 fully saturated rings. The summed E-state index contributed by atoms with van der Waals surface area (Å²) >= 11 is 0. The second kappa shape index (κ2) is 15.7. The van der Waals surface area contributed by atoms with Gasteiger partial charge in [-0.25, -0.2) is 34.4 Å². The van der Waals surface area contributed by atoms with Gasteiger partial charge in [0.1, 0.15) is 23.9 Å². The number of carbonyl (C=O) groups is 1. The lowest BCUT2D eigenvalue weighted by molar-refractivity contribution is -0.120. The number of anilines is 1. The molecule has 3 atom stereocenters. The third-order valence-electron chi connectivity index (χ3n) is 12.2. The highest BCUT2D eigenvalue weighted by atomic mass is 32.2. The molecule has 12 nitrogen and oxygen atoms in total. The second-order valence-corrected chi connectivity index (χ2v) is 22.1. The number of aryl methyl sites for hydroxylation is 2. The number of fused-ring (bicyclic) bond motifs is 2. The second-order valence-electron chi connectivity index (χ2n) is 17.3. The maximum absolute atomic E-state index is 15.4. The zero-order valence-corrected chi connectivity index (χ0v) is 35.6. The summed E-state index contributed by atoms with van der Waals surface area (Å²) in [6.07, 6.45) is -1.10. The standard InChI is InChI=1S/C42H45F6N7O5S2/c1-41(2,61(57,58)25-8-9-25)14-13-24-7-12-27(28-5-4-6-29-37(28)55(3)53-40(29)54-62(59,60)26-10-11-26)36(51-24)32(17-21-15-22(43)18-23(44)16-21)52-33(56)20-50-38-34(35(49)39(45)46)30-19-31(30)42(38,47)48/h4-7,12,15-16,18,25-26,30-32,39H,8-11,13-14,17,19-20,49H2,1-3H3,(H,52,56)(H,53,54)/t30-,31+,32-/m0/s1. The van der Waals surface area contributed by atoms with Gasteiger partial charge in [-0.3, -0.25) is 24.2 Å². The van der Waals surface area contributed by atoms with E-state index in [1.54, 1.807) is 51.2 Å². The molecule has 2 aromatic carbocycles. The minimum absolute atomic E-state index is 0.0565. The van der Waals surface area contributed by atoms with Crippen molar-refractivity contribution in [3.8, 4) is 11.1 Å². The Labute approximate surface area is 354 Å². The number of amides is 1. The molecule has 0 saturated heterocycles. The Hall–Kier alpha value is -4.98. The van der Waals surface area contributed by atoms with Crippen molar-refractivity contribution in [2.45, 2.75) is 98.9 Å². The molecular formula is C42H45F6N7O5S2. The van der Waals surface area contributed by atoms with Crippen molar-refractivity contribution in [2.75, 3.05) is 11.3 Å². The van der Waals surface area contributed by atoms with E-state index in [2.05, 4.69) is 20.1 Å². The van der Waals surface area contributed by atoms with E-state index in [-0.39, 0.29) is 42.8 Å². The number of alkyl halides is 4. The Morgan fingerprint density at radius 1 is 1.00 bits per heavy atom. The number of hydrogen-bond donors (Lipinski definition) is 3. The Morgan fingerprint density at radius 2 is 1.68 bits per heavy atom. The molecule has 4 aliphatic carbocycles. The van der Waals surface area contributed by atoms with Crippen molar-refractivity contribution in [2.24, 2.45) is 29.6 Å². The number of allylic oxidation sites excluding steroid dienone is 2. The minimum atomic E-state index is -3.74. The fraction of sp³-hybridized carbons (Fsp3) is 0.476. The van der Waals surface area contributed by atoms with Crippen molar-refractivity contribution < 1.29 is 48.0 Å². The van der Waals surface area contributed by atoms with Gasteiger partial charge in [-0.2, -0.15) is 13.9 Å². The van der Waals surface area contributed by atoms with Crippen LogP contribution in [-0.2, 0) is 44.5 Å². The first-order chi connectivity index (χ1) is 29.1. The van der Waals surface area contributed by atoms with Gasteiger partial charge in [0, 0.05) is 46.8 Å². The molecule has 4 aliphatic rings. The number of carbonyl (C=O) groups excluding carboxylic acids is 1. The fourth-order valence-corrected chi connectivity index (χ4v) is 11.8. The third kappa shape index (κ3) is 8.31. The fourth-order valence-electron chi connectivity index (χ4n) is 8.45. The molecule has 1 amide bonds. The van der Waals surface area contributed by atoms with Crippen LogP contribution < -0.4 is 15.8 Å². The first-order valence-electron chi connectivity index (χ1n) is 20.2. The molecule has 2 aromatic heterocycles. The number of nitrogens with one attached hydrogen (secondary N) is 2. The lowest BCUT2D eigenvalue weighted by atomic mass is 9.93. The van der Waals surface area contributed by atoms with Gasteiger partial charge in [0.05, 0.1) is 38.2 Å². The van der Waals surface area contributed by atoms with E-state index in [9.17, 15) is 39.2 Å². The topological polar surface area (TPSA) is 179 Å². The first-order valence-corrected chi connectivity index (χ1v) is 23.3. The average Bonchev–Trinajstić information content (AvgIpc) is 4.05. The molecule has 4 aromatic rings. The smallest absolute Gasteiger partial charge is 0.292 e. The summed E-state index contributed by atoms with van der Waals surface area (Å²) in [5, 5.41) is 6.65. The Kier molecular flexibility index (Phi) is 11.0. The molecule has 0 unspecified atom stereocenters. The van der Waals surface area contributed by atoms with Crippen LogP contribution in [0.2, 0.25) is 0 Å². The number of hydrogen-bond acceptors (Lipinski definition) is 9. The molecule has 332 valence electrons. The number of nitrogens with two attached hydrogens (primary N) is 1. The van der Waals surface area contributed by atoms with Gasteiger partial charge >= 0.3 is 0 Å². The number of para-hydroxylation sites is 1. The highest BCUT2D eigenvalue weighted by Gasteiger charge is 2.67. The highest BCUT2D eigenvalue weighted by Crippen LogP contribution is 2.62. The van der Waals surface area contributed by atoms with Crippen LogP contribution in [0.3, 0.4) is 0 Å². The van der Waals surface area contributed by atoms with E-state index in [1.165, 1.54) is 4.68 Å². The lowest BCUT2D eigenvalue weighted by Crippen LogP contribution is -2.36. The van der Waals surface area contributed by atoms with Crippen LogP contribution in [-0.4, -0.2) is 77.4 Å². The molecule has 0 radical (unpaired) electrons. The van der Waals surface area contributed by atoms with Crippen LogP contribution >= 0.6 is 0 Å². The monoisotopic (exact) mass is 905 g/mol. The summed E-state index contributed by atoms with van der Waals surface area (Å²) in [5.74, 6) is -8.54. The summed E-state index contributed by atoms with van der Waals surface area (Å²) in [7, 11) is -5.62. The highest BCUT2D eigenvalue weighted by molar-refractivity contribution is 7.93. The normalized spacial score (nSPS) is 21.9. The average molecular weight is 906 g/mol. The van der Waals surface area contributed by atoms with Crippen LogP contribution in [0, 0.1) is 23.5 Å². The van der Waals surface area contributed by atoms with Crippen molar-refractivity contribution in [3.05, 3.63) is 88.4 Å². The zero-order chi connectivity index (χ0) is 44.7. The first kappa shape index (κ1) is 43.7. The van der Waals surface area contributed by atoms with Gasteiger partial charge in [0.15, 0.2) is 15.7 Å². The largest absolute Gasteiger partial charge is 0.397 e. The summed E-state index contributed by atoms with van der Waals surface area (Å²) in [4.78, 5) is 22.7. The van der Waals surface area contributed by atoms with Gasteiger partial charge in [-0.15, -0.1) is 0 Å². The van der Waals surface area contributed by atoms with Gasteiger partial charge in [0.25, 0.3) is 12.3 Å². The molecule has 0 aliphatic heterocycles. The van der Waals surface area contributed by atoms with Crippen molar-refractivity contribution in [1.82, 2.24) is 20.1 Å². The number of benzene rings is 2. The van der Waals surface area contributed by atoms with Crippen LogP contribution in [0.5, 0.6) is 0 Å². The SMILES string of the molecule is Cn1nc(NS(=O)(=O)C2CC2)c2cccc(-c3ccc(CCC(C)(C)S(=O)(=O)C4CC4)nc3[C@H](Cc3cc(F)cc(F)c3)NC(=O)CN=C3C(=C(N)C(F)F)[C@H]4C[C@H]4C3(F)F)c21. The Balaban J connectivity index is 1.22.